The first-order valence-corrected chi connectivity index (χ1v) is 8.16. The zero-order valence-electron chi connectivity index (χ0n) is 11.9. The number of nitrogens with zero attached hydrogens (tertiary/aromatic N) is 3. The fourth-order valence-electron chi connectivity index (χ4n) is 2.50. The van der Waals surface area contributed by atoms with Crippen LogP contribution in [0.4, 0.5) is 0 Å². The summed E-state index contributed by atoms with van der Waals surface area (Å²) in [5, 5.41) is 4.71. The molecule has 1 aliphatic rings. The molecule has 0 bridgehead atoms. The van der Waals surface area contributed by atoms with Gasteiger partial charge in [-0.3, -0.25) is 0 Å². The van der Waals surface area contributed by atoms with Crippen LogP contribution in [0.5, 0.6) is 0 Å². The number of morpholine rings is 1. The minimum absolute atomic E-state index is 0.754. The second kappa shape index (κ2) is 6.39. The van der Waals surface area contributed by atoms with Gasteiger partial charge in [0.05, 0.1) is 13.2 Å². The molecule has 21 heavy (non-hydrogen) atoms. The molecule has 112 valence electrons. The molecule has 5 nitrogen and oxygen atoms in total. The Balaban J connectivity index is 1.90. The molecule has 1 aromatic carbocycles. The summed E-state index contributed by atoms with van der Waals surface area (Å²) in [6.07, 6.45) is 0. The first-order valence-electron chi connectivity index (χ1n) is 6.96. The zero-order chi connectivity index (χ0) is 14.8. The van der Waals surface area contributed by atoms with Crippen molar-refractivity contribution in [1.82, 2.24) is 14.3 Å². The molecule has 1 saturated heterocycles. The van der Waals surface area contributed by atoms with Gasteiger partial charge in [0, 0.05) is 17.1 Å². The quantitative estimate of drug-likeness (QED) is 0.827. The summed E-state index contributed by atoms with van der Waals surface area (Å²) in [7, 11) is 1.97. The number of ether oxygens (including phenoxy) is 1. The molecule has 0 unspecified atom stereocenters. The van der Waals surface area contributed by atoms with E-state index in [9.17, 15) is 0 Å². The molecule has 0 saturated carbocycles. The highest BCUT2D eigenvalue weighted by Crippen LogP contribution is 2.21. The summed E-state index contributed by atoms with van der Waals surface area (Å²) < 4.78 is 11.1. The predicted octanol–water partition coefficient (Wildman–Crippen LogP) is 1.25. The molecule has 0 aliphatic carbocycles. The molecule has 0 spiro atoms. The highest BCUT2D eigenvalue weighted by Gasteiger charge is 2.17. The SMILES string of the molecule is Cn1c(-c2cccc(Br)c2)nn(C[NH+]2CCOCC2)c1=S. The third kappa shape index (κ3) is 3.26. The molecule has 0 amide bonds. The van der Waals surface area contributed by atoms with Crippen LogP contribution in [0.2, 0.25) is 0 Å². The summed E-state index contributed by atoms with van der Waals surface area (Å²) >= 11 is 9.02. The van der Waals surface area contributed by atoms with E-state index in [-0.39, 0.29) is 0 Å². The van der Waals surface area contributed by atoms with Gasteiger partial charge in [-0.15, -0.1) is 5.10 Å². The molecule has 0 radical (unpaired) electrons. The van der Waals surface area contributed by atoms with Crippen molar-refractivity contribution in [3.05, 3.63) is 33.5 Å². The van der Waals surface area contributed by atoms with E-state index in [1.165, 1.54) is 4.90 Å². The molecule has 2 aromatic rings. The zero-order valence-corrected chi connectivity index (χ0v) is 14.3. The van der Waals surface area contributed by atoms with Gasteiger partial charge in [-0.25, -0.2) is 0 Å². The van der Waals surface area contributed by atoms with Gasteiger partial charge in [0.2, 0.25) is 4.77 Å². The van der Waals surface area contributed by atoms with E-state index in [4.69, 9.17) is 22.1 Å². The van der Waals surface area contributed by atoms with Crippen LogP contribution in [-0.4, -0.2) is 40.7 Å². The van der Waals surface area contributed by atoms with E-state index >= 15 is 0 Å². The van der Waals surface area contributed by atoms with Crippen LogP contribution in [0.1, 0.15) is 0 Å². The van der Waals surface area contributed by atoms with Crippen LogP contribution >= 0.6 is 28.1 Å². The molecular weight excluding hydrogens is 352 g/mol. The van der Waals surface area contributed by atoms with Crippen LogP contribution in [-0.2, 0) is 18.5 Å². The normalized spacial score (nSPS) is 16.3. The molecule has 1 N–H and O–H groups in total. The lowest BCUT2D eigenvalue weighted by Gasteiger charge is -2.23. The van der Waals surface area contributed by atoms with Crippen molar-refractivity contribution in [3.63, 3.8) is 0 Å². The number of aromatic nitrogens is 3. The number of benzene rings is 1. The van der Waals surface area contributed by atoms with E-state index in [0.717, 1.165) is 53.6 Å². The van der Waals surface area contributed by atoms with Gasteiger partial charge in [0.1, 0.15) is 13.1 Å². The summed E-state index contributed by atoms with van der Waals surface area (Å²) in [4.78, 5) is 1.45. The molecule has 0 atom stereocenters. The fraction of sp³-hybridized carbons (Fsp3) is 0.429. The Kier molecular flexibility index (Phi) is 4.54. The van der Waals surface area contributed by atoms with Crippen LogP contribution in [0.25, 0.3) is 11.4 Å². The first-order chi connectivity index (χ1) is 10.1. The van der Waals surface area contributed by atoms with Gasteiger partial charge in [-0.2, -0.15) is 4.68 Å². The van der Waals surface area contributed by atoms with Crippen molar-refractivity contribution in [2.75, 3.05) is 26.3 Å². The molecule has 1 fully saturated rings. The number of hydrogen-bond donors (Lipinski definition) is 1. The maximum absolute atomic E-state index is 5.52. The molecular formula is C14H18BrN4OS+. The van der Waals surface area contributed by atoms with Gasteiger partial charge in [0.15, 0.2) is 12.5 Å². The maximum Gasteiger partial charge on any atom is 0.202 e. The lowest BCUT2D eigenvalue weighted by Crippen LogP contribution is -3.13. The largest absolute Gasteiger partial charge is 0.370 e. The molecule has 7 heteroatoms. The standard InChI is InChI=1S/C14H17BrN4OS/c1-17-13(11-3-2-4-12(15)9-11)16-19(14(17)21)10-18-5-7-20-8-6-18/h2-4,9H,5-8,10H2,1H3/p+1. The van der Waals surface area contributed by atoms with Crippen LogP contribution in [0.3, 0.4) is 0 Å². The molecule has 3 rings (SSSR count). The Morgan fingerprint density at radius 2 is 2.14 bits per heavy atom. The van der Waals surface area contributed by atoms with E-state index < -0.39 is 0 Å². The Bertz CT molecular complexity index is 691. The smallest absolute Gasteiger partial charge is 0.202 e. The Labute approximate surface area is 137 Å². The van der Waals surface area contributed by atoms with Gasteiger partial charge in [-0.05, 0) is 24.4 Å². The molecule has 1 aliphatic heterocycles. The molecule has 2 heterocycles. The van der Waals surface area contributed by atoms with Crippen molar-refractivity contribution in [2.45, 2.75) is 6.67 Å². The Hall–Kier alpha value is -1.02. The monoisotopic (exact) mass is 369 g/mol. The van der Waals surface area contributed by atoms with Gasteiger partial charge in [-0.1, -0.05) is 28.1 Å². The second-order valence-electron chi connectivity index (χ2n) is 5.20. The van der Waals surface area contributed by atoms with Crippen LogP contribution in [0, 0.1) is 4.77 Å². The minimum Gasteiger partial charge on any atom is -0.370 e. The number of quaternary nitrogens is 1. The average molecular weight is 370 g/mol. The summed E-state index contributed by atoms with van der Waals surface area (Å²) in [6.45, 7) is 4.43. The third-order valence-electron chi connectivity index (χ3n) is 3.70. The first kappa shape index (κ1) is 14.9. The van der Waals surface area contributed by atoms with E-state index in [1.807, 2.05) is 34.5 Å². The summed E-state index contributed by atoms with van der Waals surface area (Å²) in [6, 6.07) is 8.12. The third-order valence-corrected chi connectivity index (χ3v) is 4.67. The highest BCUT2D eigenvalue weighted by atomic mass is 79.9. The summed E-state index contributed by atoms with van der Waals surface area (Å²) in [5.41, 5.74) is 1.06. The highest BCUT2D eigenvalue weighted by molar-refractivity contribution is 9.10. The Morgan fingerprint density at radius 3 is 2.86 bits per heavy atom. The Morgan fingerprint density at radius 1 is 1.38 bits per heavy atom. The van der Waals surface area contributed by atoms with E-state index in [0.29, 0.717) is 0 Å². The number of halogens is 1. The minimum atomic E-state index is 0.754. The van der Waals surface area contributed by atoms with Gasteiger partial charge >= 0.3 is 0 Å². The number of rotatable bonds is 3. The van der Waals surface area contributed by atoms with Crippen molar-refractivity contribution in [1.29, 1.82) is 0 Å². The molecule has 1 aromatic heterocycles. The lowest BCUT2D eigenvalue weighted by atomic mass is 10.2. The lowest BCUT2D eigenvalue weighted by molar-refractivity contribution is -0.930. The maximum atomic E-state index is 5.52. The average Bonchev–Trinajstić information content (AvgIpc) is 2.77. The van der Waals surface area contributed by atoms with Crippen molar-refractivity contribution in [2.24, 2.45) is 7.05 Å². The van der Waals surface area contributed by atoms with Gasteiger partial charge < -0.3 is 14.2 Å². The topological polar surface area (TPSA) is 36.4 Å². The number of nitrogens with one attached hydrogen (secondary N) is 1. The fourth-order valence-corrected chi connectivity index (χ4v) is 3.09. The van der Waals surface area contributed by atoms with E-state index in [2.05, 4.69) is 22.0 Å². The second-order valence-corrected chi connectivity index (χ2v) is 6.48. The van der Waals surface area contributed by atoms with Crippen LogP contribution in [0.15, 0.2) is 28.7 Å². The number of hydrogen-bond acceptors (Lipinski definition) is 3. The van der Waals surface area contributed by atoms with E-state index in [1.54, 1.807) is 0 Å². The predicted molar refractivity (Wildman–Crippen MR) is 86.7 cm³/mol. The van der Waals surface area contributed by atoms with Crippen molar-refractivity contribution >= 4 is 28.1 Å². The van der Waals surface area contributed by atoms with Crippen LogP contribution < -0.4 is 4.90 Å². The van der Waals surface area contributed by atoms with Crippen molar-refractivity contribution < 1.29 is 9.64 Å². The van der Waals surface area contributed by atoms with Gasteiger partial charge in [0.25, 0.3) is 0 Å². The van der Waals surface area contributed by atoms with Crippen molar-refractivity contribution in [3.8, 4) is 11.4 Å². The summed E-state index contributed by atoms with van der Waals surface area (Å²) in [5.74, 6) is 0.897.